The highest BCUT2D eigenvalue weighted by Crippen LogP contribution is 2.22. The van der Waals surface area contributed by atoms with E-state index in [1.54, 1.807) is 0 Å². The van der Waals surface area contributed by atoms with Crippen molar-refractivity contribution in [3.63, 3.8) is 0 Å². The first-order valence-corrected chi connectivity index (χ1v) is 9.00. The van der Waals surface area contributed by atoms with Crippen LogP contribution in [0.2, 0.25) is 5.15 Å². The summed E-state index contributed by atoms with van der Waals surface area (Å²) in [4.78, 5) is 18.2. The van der Waals surface area contributed by atoms with Gasteiger partial charge in [-0.1, -0.05) is 36.7 Å². The number of fused-ring (bicyclic) bond motifs is 1. The SMILES string of the molecule is CCc1nc(Cl)cc(N2CCN(c3ccc4ccccc4n3)CC2)n1. The van der Waals surface area contributed by atoms with Crippen molar-refractivity contribution in [1.82, 2.24) is 15.0 Å². The van der Waals surface area contributed by atoms with Gasteiger partial charge < -0.3 is 9.80 Å². The van der Waals surface area contributed by atoms with Gasteiger partial charge in [0.1, 0.15) is 22.6 Å². The van der Waals surface area contributed by atoms with Gasteiger partial charge in [0.2, 0.25) is 0 Å². The monoisotopic (exact) mass is 353 g/mol. The predicted molar refractivity (Wildman–Crippen MR) is 103 cm³/mol. The molecule has 1 fully saturated rings. The first-order chi connectivity index (χ1) is 12.2. The fraction of sp³-hybridized carbons (Fsp3) is 0.316. The zero-order valence-corrected chi connectivity index (χ0v) is 14.9. The number of halogens is 1. The molecule has 3 heterocycles. The largest absolute Gasteiger partial charge is 0.353 e. The van der Waals surface area contributed by atoms with Crippen LogP contribution < -0.4 is 9.80 Å². The molecule has 1 aromatic carbocycles. The van der Waals surface area contributed by atoms with Gasteiger partial charge in [-0.2, -0.15) is 0 Å². The Balaban J connectivity index is 1.50. The van der Waals surface area contributed by atoms with E-state index in [2.05, 4.69) is 44.0 Å². The lowest BCUT2D eigenvalue weighted by Gasteiger charge is -2.36. The van der Waals surface area contributed by atoms with Gasteiger partial charge in [0.15, 0.2) is 0 Å². The van der Waals surface area contributed by atoms with Crippen LogP contribution in [0.1, 0.15) is 12.7 Å². The van der Waals surface area contributed by atoms with E-state index in [9.17, 15) is 0 Å². The second kappa shape index (κ2) is 6.84. The molecule has 0 spiro atoms. The van der Waals surface area contributed by atoms with Crippen LogP contribution in [-0.4, -0.2) is 41.1 Å². The van der Waals surface area contributed by atoms with Crippen LogP contribution in [0.5, 0.6) is 0 Å². The van der Waals surface area contributed by atoms with Crippen molar-refractivity contribution in [2.45, 2.75) is 13.3 Å². The van der Waals surface area contributed by atoms with Gasteiger partial charge in [0.25, 0.3) is 0 Å². The maximum Gasteiger partial charge on any atom is 0.134 e. The molecule has 3 aromatic rings. The normalized spacial score (nSPS) is 15.0. The third-order valence-electron chi connectivity index (χ3n) is 4.56. The Morgan fingerprint density at radius 1 is 0.880 bits per heavy atom. The molecule has 1 aliphatic heterocycles. The van der Waals surface area contributed by atoms with E-state index < -0.39 is 0 Å². The summed E-state index contributed by atoms with van der Waals surface area (Å²) >= 11 is 6.13. The Morgan fingerprint density at radius 2 is 1.60 bits per heavy atom. The molecule has 5 nitrogen and oxygen atoms in total. The molecule has 0 atom stereocenters. The maximum absolute atomic E-state index is 6.13. The highest BCUT2D eigenvalue weighted by Gasteiger charge is 2.20. The molecule has 1 saturated heterocycles. The van der Waals surface area contributed by atoms with E-state index in [1.165, 1.54) is 5.39 Å². The van der Waals surface area contributed by atoms with Crippen molar-refractivity contribution in [2.75, 3.05) is 36.0 Å². The summed E-state index contributed by atoms with van der Waals surface area (Å²) in [5.74, 6) is 2.75. The highest BCUT2D eigenvalue weighted by atomic mass is 35.5. The van der Waals surface area contributed by atoms with E-state index in [4.69, 9.17) is 16.6 Å². The molecule has 0 amide bonds. The van der Waals surface area contributed by atoms with Crippen molar-refractivity contribution in [2.24, 2.45) is 0 Å². The Morgan fingerprint density at radius 3 is 2.36 bits per heavy atom. The van der Waals surface area contributed by atoms with Crippen molar-refractivity contribution >= 4 is 34.1 Å². The third kappa shape index (κ3) is 3.37. The molecule has 0 aliphatic carbocycles. The summed E-state index contributed by atoms with van der Waals surface area (Å²) in [5.41, 5.74) is 1.04. The predicted octanol–water partition coefficient (Wildman–Crippen LogP) is 3.57. The number of pyridine rings is 1. The lowest BCUT2D eigenvalue weighted by Crippen LogP contribution is -2.47. The molecule has 0 N–H and O–H groups in total. The molecular weight excluding hydrogens is 334 g/mol. The molecule has 4 rings (SSSR count). The van der Waals surface area contributed by atoms with E-state index in [-0.39, 0.29) is 0 Å². The quantitative estimate of drug-likeness (QED) is 0.673. The summed E-state index contributed by atoms with van der Waals surface area (Å²) in [6.07, 6.45) is 0.786. The summed E-state index contributed by atoms with van der Waals surface area (Å²) in [6, 6.07) is 14.3. The number of rotatable bonds is 3. The zero-order chi connectivity index (χ0) is 17.2. The Labute approximate surface area is 152 Å². The molecule has 0 saturated carbocycles. The molecule has 6 heteroatoms. The van der Waals surface area contributed by atoms with Gasteiger partial charge in [-0.05, 0) is 18.2 Å². The van der Waals surface area contributed by atoms with Crippen LogP contribution in [-0.2, 0) is 6.42 Å². The summed E-state index contributed by atoms with van der Waals surface area (Å²) in [5, 5.41) is 1.69. The molecular formula is C19H20ClN5. The minimum Gasteiger partial charge on any atom is -0.353 e. The van der Waals surface area contributed by atoms with E-state index in [1.807, 2.05) is 25.1 Å². The minimum atomic E-state index is 0.514. The zero-order valence-electron chi connectivity index (χ0n) is 14.2. The first kappa shape index (κ1) is 16.1. The number of hydrogen-bond acceptors (Lipinski definition) is 5. The van der Waals surface area contributed by atoms with Crippen LogP contribution >= 0.6 is 11.6 Å². The first-order valence-electron chi connectivity index (χ1n) is 8.62. The number of aromatic nitrogens is 3. The van der Waals surface area contributed by atoms with Gasteiger partial charge >= 0.3 is 0 Å². The highest BCUT2D eigenvalue weighted by molar-refractivity contribution is 6.29. The number of para-hydroxylation sites is 1. The van der Waals surface area contributed by atoms with Gasteiger partial charge in [-0.15, -0.1) is 0 Å². The second-order valence-electron chi connectivity index (χ2n) is 6.15. The molecule has 128 valence electrons. The van der Waals surface area contributed by atoms with E-state index in [0.29, 0.717) is 5.15 Å². The van der Waals surface area contributed by atoms with Crippen molar-refractivity contribution < 1.29 is 0 Å². The van der Waals surface area contributed by atoms with Crippen LogP contribution in [0, 0.1) is 0 Å². The molecule has 0 unspecified atom stereocenters. The van der Waals surface area contributed by atoms with Crippen LogP contribution in [0.15, 0.2) is 42.5 Å². The number of piperazine rings is 1. The van der Waals surface area contributed by atoms with Crippen molar-refractivity contribution in [3.8, 4) is 0 Å². The van der Waals surface area contributed by atoms with Crippen molar-refractivity contribution in [1.29, 1.82) is 0 Å². The lowest BCUT2D eigenvalue weighted by atomic mass is 10.2. The van der Waals surface area contributed by atoms with Crippen LogP contribution in [0.4, 0.5) is 11.6 Å². The molecule has 0 bridgehead atoms. The minimum absolute atomic E-state index is 0.514. The maximum atomic E-state index is 6.13. The van der Waals surface area contributed by atoms with Gasteiger partial charge in [-0.25, -0.2) is 15.0 Å². The molecule has 0 radical (unpaired) electrons. The van der Waals surface area contributed by atoms with E-state index >= 15 is 0 Å². The number of nitrogens with zero attached hydrogens (tertiary/aromatic N) is 5. The average molecular weight is 354 g/mol. The standard InChI is InChI=1S/C19H20ClN5/c1-2-17-22-16(20)13-19(23-17)25-11-9-24(10-12-25)18-8-7-14-5-3-4-6-15(14)21-18/h3-8,13H,2,9-12H2,1H3. The number of aryl methyl sites for hydroxylation is 1. The average Bonchev–Trinajstić information content (AvgIpc) is 2.67. The topological polar surface area (TPSA) is 45.2 Å². The second-order valence-corrected chi connectivity index (χ2v) is 6.54. The van der Waals surface area contributed by atoms with Crippen molar-refractivity contribution in [3.05, 3.63) is 53.4 Å². The number of benzene rings is 1. The molecule has 1 aliphatic rings. The Kier molecular flexibility index (Phi) is 4.40. The van der Waals surface area contributed by atoms with Crippen LogP contribution in [0.25, 0.3) is 10.9 Å². The van der Waals surface area contributed by atoms with Gasteiger partial charge in [0.05, 0.1) is 5.52 Å². The lowest BCUT2D eigenvalue weighted by molar-refractivity contribution is 0.640. The Bertz CT molecular complexity index is 890. The smallest absolute Gasteiger partial charge is 0.134 e. The number of anilines is 2. The van der Waals surface area contributed by atoms with E-state index in [0.717, 1.165) is 55.6 Å². The third-order valence-corrected chi connectivity index (χ3v) is 4.75. The molecule has 25 heavy (non-hydrogen) atoms. The summed E-state index contributed by atoms with van der Waals surface area (Å²) in [6.45, 7) is 5.65. The summed E-state index contributed by atoms with van der Waals surface area (Å²) < 4.78 is 0. The molecule has 2 aromatic heterocycles. The number of hydrogen-bond donors (Lipinski definition) is 0. The van der Waals surface area contributed by atoms with Gasteiger partial charge in [-0.3, -0.25) is 0 Å². The van der Waals surface area contributed by atoms with Crippen LogP contribution in [0.3, 0.4) is 0 Å². The summed E-state index contributed by atoms with van der Waals surface area (Å²) in [7, 11) is 0. The Hall–Kier alpha value is -2.40. The fourth-order valence-electron chi connectivity index (χ4n) is 3.17. The van der Waals surface area contributed by atoms with Gasteiger partial charge in [0, 0.05) is 44.1 Å². The fourth-order valence-corrected chi connectivity index (χ4v) is 3.36.